The van der Waals surface area contributed by atoms with Gasteiger partial charge in [0, 0.05) is 23.2 Å². The van der Waals surface area contributed by atoms with Crippen molar-refractivity contribution in [2.75, 3.05) is 6.61 Å². The number of aliphatic hydroxyl groups excluding tert-OH is 1. The highest BCUT2D eigenvalue weighted by atomic mass is 79.9. The third-order valence-corrected chi connectivity index (χ3v) is 4.43. The van der Waals surface area contributed by atoms with E-state index in [1.54, 1.807) is 0 Å². The third-order valence-electron chi connectivity index (χ3n) is 3.90. The Morgan fingerprint density at radius 3 is 2.72 bits per heavy atom. The van der Waals surface area contributed by atoms with E-state index < -0.39 is 0 Å². The van der Waals surface area contributed by atoms with Gasteiger partial charge in [0.2, 0.25) is 0 Å². The van der Waals surface area contributed by atoms with Crippen molar-refractivity contribution < 1.29 is 5.11 Å². The van der Waals surface area contributed by atoms with Gasteiger partial charge in [0.15, 0.2) is 0 Å². The van der Waals surface area contributed by atoms with Gasteiger partial charge in [-0.05, 0) is 49.8 Å². The van der Waals surface area contributed by atoms with E-state index in [-0.39, 0.29) is 0 Å². The molecular weight excluding hydrogens is 290 g/mol. The summed E-state index contributed by atoms with van der Waals surface area (Å²) in [5, 5.41) is 12.9. The van der Waals surface area contributed by atoms with Crippen LogP contribution in [-0.2, 0) is 0 Å². The standard InChI is InChI=1S/C15H22BrNO/c1-11(13-5-7-14(16)8-6-13)17-15-4-2-3-12(9-15)10-18/h5-8,11-12,15,17-18H,2-4,9-10H2,1H3. The molecule has 2 N–H and O–H groups in total. The van der Waals surface area contributed by atoms with Crippen molar-refractivity contribution in [3.05, 3.63) is 34.3 Å². The smallest absolute Gasteiger partial charge is 0.0459 e. The van der Waals surface area contributed by atoms with E-state index in [9.17, 15) is 5.11 Å². The van der Waals surface area contributed by atoms with Crippen molar-refractivity contribution in [1.82, 2.24) is 5.32 Å². The summed E-state index contributed by atoms with van der Waals surface area (Å²) < 4.78 is 1.12. The Balaban J connectivity index is 1.90. The molecule has 1 aliphatic rings. The Morgan fingerprint density at radius 2 is 2.06 bits per heavy atom. The molecule has 1 saturated carbocycles. The van der Waals surface area contributed by atoms with Crippen LogP contribution in [-0.4, -0.2) is 17.8 Å². The molecule has 1 fully saturated rings. The van der Waals surface area contributed by atoms with Crippen molar-refractivity contribution in [2.45, 2.75) is 44.7 Å². The minimum Gasteiger partial charge on any atom is -0.396 e. The number of rotatable bonds is 4. The average Bonchev–Trinajstić information content (AvgIpc) is 2.39. The SMILES string of the molecule is CC(NC1CCCC(CO)C1)c1ccc(Br)cc1. The van der Waals surface area contributed by atoms with E-state index in [0.717, 1.165) is 10.9 Å². The summed E-state index contributed by atoms with van der Waals surface area (Å²) >= 11 is 3.46. The molecule has 100 valence electrons. The van der Waals surface area contributed by atoms with Gasteiger partial charge in [0.25, 0.3) is 0 Å². The van der Waals surface area contributed by atoms with Gasteiger partial charge in [-0.25, -0.2) is 0 Å². The molecule has 2 nitrogen and oxygen atoms in total. The lowest BCUT2D eigenvalue weighted by atomic mass is 9.86. The summed E-state index contributed by atoms with van der Waals surface area (Å²) in [5.41, 5.74) is 1.32. The zero-order valence-electron chi connectivity index (χ0n) is 10.9. The Bertz CT molecular complexity index is 365. The first-order valence-corrected chi connectivity index (χ1v) is 7.60. The number of hydrogen-bond donors (Lipinski definition) is 2. The molecule has 1 aliphatic carbocycles. The average molecular weight is 312 g/mol. The molecule has 0 amide bonds. The van der Waals surface area contributed by atoms with Gasteiger partial charge in [0.1, 0.15) is 0 Å². The van der Waals surface area contributed by atoms with Gasteiger partial charge < -0.3 is 10.4 Å². The highest BCUT2D eigenvalue weighted by Gasteiger charge is 2.22. The zero-order chi connectivity index (χ0) is 13.0. The first-order chi connectivity index (χ1) is 8.69. The fraction of sp³-hybridized carbons (Fsp3) is 0.600. The summed E-state index contributed by atoms with van der Waals surface area (Å²) in [5.74, 6) is 0.494. The molecule has 3 unspecified atom stereocenters. The number of hydrogen-bond acceptors (Lipinski definition) is 2. The summed E-state index contributed by atoms with van der Waals surface area (Å²) in [4.78, 5) is 0. The second-order valence-corrected chi connectivity index (χ2v) is 6.27. The molecule has 3 atom stereocenters. The highest BCUT2D eigenvalue weighted by Crippen LogP contribution is 2.26. The molecule has 0 spiro atoms. The minimum absolute atomic E-state index is 0.338. The van der Waals surface area contributed by atoms with Gasteiger partial charge in [-0.2, -0.15) is 0 Å². The second-order valence-electron chi connectivity index (χ2n) is 5.35. The Hall–Kier alpha value is -0.380. The molecule has 0 heterocycles. The van der Waals surface area contributed by atoms with Crippen LogP contribution in [0.15, 0.2) is 28.7 Å². The largest absolute Gasteiger partial charge is 0.396 e. The first kappa shape index (κ1) is 14.0. The van der Waals surface area contributed by atoms with E-state index in [4.69, 9.17) is 0 Å². The number of aliphatic hydroxyl groups is 1. The Kier molecular flexibility index (Phi) is 5.22. The molecular formula is C15H22BrNO. The number of benzene rings is 1. The van der Waals surface area contributed by atoms with E-state index in [0.29, 0.717) is 24.6 Å². The molecule has 0 aliphatic heterocycles. The van der Waals surface area contributed by atoms with Crippen molar-refractivity contribution in [3.63, 3.8) is 0 Å². The summed E-state index contributed by atoms with van der Waals surface area (Å²) in [7, 11) is 0. The fourth-order valence-corrected chi connectivity index (χ4v) is 3.07. The van der Waals surface area contributed by atoms with Crippen molar-refractivity contribution in [1.29, 1.82) is 0 Å². The van der Waals surface area contributed by atoms with Gasteiger partial charge in [0.05, 0.1) is 0 Å². The number of nitrogens with one attached hydrogen (secondary N) is 1. The van der Waals surface area contributed by atoms with Crippen LogP contribution < -0.4 is 5.32 Å². The minimum atomic E-state index is 0.338. The lowest BCUT2D eigenvalue weighted by Crippen LogP contribution is -2.36. The summed E-state index contributed by atoms with van der Waals surface area (Å²) in [6.45, 7) is 2.55. The van der Waals surface area contributed by atoms with Crippen LogP contribution in [0.5, 0.6) is 0 Å². The summed E-state index contributed by atoms with van der Waals surface area (Å²) in [6.07, 6.45) is 4.76. The van der Waals surface area contributed by atoms with Crippen LogP contribution in [0.4, 0.5) is 0 Å². The van der Waals surface area contributed by atoms with Crippen molar-refractivity contribution >= 4 is 15.9 Å². The van der Waals surface area contributed by atoms with E-state index in [2.05, 4.69) is 52.4 Å². The maximum atomic E-state index is 9.26. The molecule has 2 rings (SSSR count). The van der Waals surface area contributed by atoms with Gasteiger partial charge in [-0.3, -0.25) is 0 Å². The Labute approximate surface area is 118 Å². The van der Waals surface area contributed by atoms with Crippen molar-refractivity contribution in [2.24, 2.45) is 5.92 Å². The van der Waals surface area contributed by atoms with Crippen LogP contribution in [0, 0.1) is 5.92 Å². The van der Waals surface area contributed by atoms with Gasteiger partial charge in [-0.1, -0.05) is 34.5 Å². The van der Waals surface area contributed by atoms with E-state index >= 15 is 0 Å². The number of halogens is 1. The molecule has 18 heavy (non-hydrogen) atoms. The van der Waals surface area contributed by atoms with Crippen LogP contribution in [0.25, 0.3) is 0 Å². The topological polar surface area (TPSA) is 32.3 Å². The first-order valence-electron chi connectivity index (χ1n) is 6.81. The molecule has 3 heteroatoms. The van der Waals surface area contributed by atoms with Crippen LogP contribution in [0.1, 0.15) is 44.2 Å². The monoisotopic (exact) mass is 311 g/mol. The lowest BCUT2D eigenvalue weighted by Gasteiger charge is -2.31. The molecule has 0 bridgehead atoms. The maximum Gasteiger partial charge on any atom is 0.0459 e. The molecule has 0 radical (unpaired) electrons. The van der Waals surface area contributed by atoms with Gasteiger partial charge >= 0.3 is 0 Å². The lowest BCUT2D eigenvalue weighted by molar-refractivity contribution is 0.167. The predicted molar refractivity (Wildman–Crippen MR) is 78.5 cm³/mol. The quantitative estimate of drug-likeness (QED) is 0.889. The zero-order valence-corrected chi connectivity index (χ0v) is 12.5. The maximum absolute atomic E-state index is 9.26. The van der Waals surface area contributed by atoms with Crippen molar-refractivity contribution in [3.8, 4) is 0 Å². The van der Waals surface area contributed by atoms with Crippen LogP contribution >= 0.6 is 15.9 Å². The molecule has 0 aromatic heterocycles. The van der Waals surface area contributed by atoms with Crippen LogP contribution in [0.2, 0.25) is 0 Å². The third kappa shape index (κ3) is 3.81. The van der Waals surface area contributed by atoms with Gasteiger partial charge in [-0.15, -0.1) is 0 Å². The van der Waals surface area contributed by atoms with Crippen LogP contribution in [0.3, 0.4) is 0 Å². The normalized spacial score (nSPS) is 25.9. The fourth-order valence-electron chi connectivity index (χ4n) is 2.81. The molecule has 0 saturated heterocycles. The molecule has 1 aromatic carbocycles. The second kappa shape index (κ2) is 6.69. The Morgan fingerprint density at radius 1 is 1.33 bits per heavy atom. The van der Waals surface area contributed by atoms with E-state index in [1.807, 2.05) is 0 Å². The molecule has 1 aromatic rings. The van der Waals surface area contributed by atoms with E-state index in [1.165, 1.54) is 24.8 Å². The predicted octanol–water partition coefficient (Wildman–Crippen LogP) is 3.65. The summed E-state index contributed by atoms with van der Waals surface area (Å²) in [6, 6.07) is 9.42. The highest BCUT2D eigenvalue weighted by molar-refractivity contribution is 9.10.